The number of hydrogen-bond acceptors (Lipinski definition) is 4. The molecule has 0 aromatic heterocycles. The summed E-state index contributed by atoms with van der Waals surface area (Å²) in [6, 6.07) is 23.3. The summed E-state index contributed by atoms with van der Waals surface area (Å²) in [5.41, 5.74) is 2.99. The molecule has 0 unspecified atom stereocenters. The molecular weight excluding hydrogens is 592 g/mol. The number of benzene rings is 3. The Balaban J connectivity index is 1.60. The van der Waals surface area contributed by atoms with Crippen molar-refractivity contribution in [3.63, 3.8) is 0 Å². The molecule has 3 aromatic carbocycles. The van der Waals surface area contributed by atoms with Crippen molar-refractivity contribution in [1.29, 1.82) is 0 Å². The number of halogens is 1. The minimum atomic E-state index is -0.625. The van der Waals surface area contributed by atoms with Crippen LogP contribution < -0.4 is 14.8 Å². The van der Waals surface area contributed by atoms with Gasteiger partial charge in [0.1, 0.15) is 6.04 Å². The smallest absolute Gasteiger partial charge is 0.243 e. The van der Waals surface area contributed by atoms with Crippen molar-refractivity contribution in [3.05, 3.63) is 94.0 Å². The van der Waals surface area contributed by atoms with Crippen LogP contribution in [0.4, 0.5) is 0 Å². The number of carbonyl (C=O) groups excluding carboxylic acids is 2. The van der Waals surface area contributed by atoms with Crippen LogP contribution in [0.3, 0.4) is 0 Å². The fourth-order valence-corrected chi connectivity index (χ4v) is 6.02. The topological polar surface area (TPSA) is 67.9 Å². The van der Waals surface area contributed by atoms with Gasteiger partial charge in [-0.1, -0.05) is 83.7 Å². The molecule has 0 aliphatic heterocycles. The van der Waals surface area contributed by atoms with Crippen molar-refractivity contribution < 1.29 is 19.1 Å². The number of nitrogens with one attached hydrogen (secondary N) is 1. The minimum Gasteiger partial charge on any atom is -0.490 e. The highest BCUT2D eigenvalue weighted by molar-refractivity contribution is 9.10. The Morgan fingerprint density at radius 1 is 0.857 bits per heavy atom. The summed E-state index contributed by atoms with van der Waals surface area (Å²) in [6.45, 7) is 5.31. The van der Waals surface area contributed by atoms with Crippen LogP contribution in [-0.4, -0.2) is 42.0 Å². The summed E-state index contributed by atoms with van der Waals surface area (Å²) in [4.78, 5) is 29.8. The average Bonchev–Trinajstić information content (AvgIpc) is 3.00. The van der Waals surface area contributed by atoms with Crippen molar-refractivity contribution in [2.24, 2.45) is 0 Å². The molecule has 1 fully saturated rings. The quantitative estimate of drug-likeness (QED) is 0.202. The van der Waals surface area contributed by atoms with Crippen LogP contribution in [0.15, 0.2) is 77.3 Å². The van der Waals surface area contributed by atoms with Gasteiger partial charge in [0.15, 0.2) is 11.5 Å². The summed E-state index contributed by atoms with van der Waals surface area (Å²) >= 11 is 3.57. The molecule has 1 saturated carbocycles. The normalized spacial score (nSPS) is 14.2. The van der Waals surface area contributed by atoms with E-state index in [9.17, 15) is 9.59 Å². The summed E-state index contributed by atoms with van der Waals surface area (Å²) in [5.74, 6) is 1.26. The van der Waals surface area contributed by atoms with E-state index in [1.807, 2.05) is 86.6 Å². The molecule has 4 rings (SSSR count). The highest BCUT2D eigenvalue weighted by atomic mass is 79.9. The Bertz CT molecular complexity index is 1290. The maximum absolute atomic E-state index is 14.1. The van der Waals surface area contributed by atoms with Gasteiger partial charge in [-0.2, -0.15) is 0 Å². The minimum absolute atomic E-state index is 0.0541. The maximum Gasteiger partial charge on any atom is 0.243 e. The molecule has 42 heavy (non-hydrogen) atoms. The van der Waals surface area contributed by atoms with Gasteiger partial charge in [0.25, 0.3) is 0 Å². The summed E-state index contributed by atoms with van der Waals surface area (Å²) in [6.07, 6.45) is 6.70. The van der Waals surface area contributed by atoms with E-state index >= 15 is 0 Å². The van der Waals surface area contributed by atoms with Gasteiger partial charge in [-0.25, -0.2) is 0 Å². The fourth-order valence-electron chi connectivity index (χ4n) is 5.58. The first-order chi connectivity index (χ1) is 20.5. The molecule has 0 bridgehead atoms. The van der Waals surface area contributed by atoms with Crippen LogP contribution in [0.25, 0.3) is 0 Å². The van der Waals surface area contributed by atoms with E-state index in [1.54, 1.807) is 4.90 Å². The third-order valence-electron chi connectivity index (χ3n) is 7.70. The zero-order valence-corrected chi connectivity index (χ0v) is 26.4. The van der Waals surface area contributed by atoms with Crippen molar-refractivity contribution in [2.75, 3.05) is 13.2 Å². The van der Waals surface area contributed by atoms with Crippen LogP contribution in [0, 0.1) is 0 Å². The van der Waals surface area contributed by atoms with Crippen LogP contribution >= 0.6 is 15.9 Å². The number of ether oxygens (including phenoxy) is 2. The number of amides is 2. The van der Waals surface area contributed by atoms with Gasteiger partial charge in [-0.3, -0.25) is 9.59 Å². The van der Waals surface area contributed by atoms with Gasteiger partial charge in [-0.15, -0.1) is 0 Å². The zero-order valence-electron chi connectivity index (χ0n) is 24.8. The summed E-state index contributed by atoms with van der Waals surface area (Å²) in [5, 5.41) is 3.31. The summed E-state index contributed by atoms with van der Waals surface area (Å²) in [7, 11) is 0. The first kappa shape index (κ1) is 31.6. The number of nitrogens with zero attached hydrogens (tertiary/aromatic N) is 1. The van der Waals surface area contributed by atoms with Crippen LogP contribution in [-0.2, 0) is 29.0 Å². The monoisotopic (exact) mass is 634 g/mol. The molecule has 3 aromatic rings. The van der Waals surface area contributed by atoms with Gasteiger partial charge >= 0.3 is 0 Å². The third kappa shape index (κ3) is 9.35. The first-order valence-corrected chi connectivity index (χ1v) is 16.0. The highest BCUT2D eigenvalue weighted by Crippen LogP contribution is 2.29. The van der Waals surface area contributed by atoms with E-state index in [2.05, 4.69) is 21.2 Å². The lowest BCUT2D eigenvalue weighted by atomic mass is 9.94. The van der Waals surface area contributed by atoms with Crippen molar-refractivity contribution in [2.45, 2.75) is 83.8 Å². The van der Waals surface area contributed by atoms with E-state index in [0.717, 1.165) is 46.8 Å². The first-order valence-electron chi connectivity index (χ1n) is 15.2. The van der Waals surface area contributed by atoms with E-state index in [-0.39, 0.29) is 24.3 Å². The Kier molecular flexibility index (Phi) is 12.3. The van der Waals surface area contributed by atoms with Gasteiger partial charge in [0.05, 0.1) is 13.2 Å². The van der Waals surface area contributed by atoms with Gasteiger partial charge in [-0.05, 0) is 74.1 Å². The van der Waals surface area contributed by atoms with Crippen molar-refractivity contribution in [1.82, 2.24) is 10.2 Å². The predicted octanol–water partition coefficient (Wildman–Crippen LogP) is 7.27. The van der Waals surface area contributed by atoms with Gasteiger partial charge in [0.2, 0.25) is 11.8 Å². The number of aryl methyl sites for hydroxylation is 1. The molecule has 0 radical (unpaired) electrons. The maximum atomic E-state index is 14.1. The zero-order chi connectivity index (χ0) is 29.7. The lowest BCUT2D eigenvalue weighted by Gasteiger charge is -2.33. The fraction of sp³-hybridized carbons (Fsp3) is 0.429. The molecule has 6 nitrogen and oxygen atoms in total. The van der Waals surface area contributed by atoms with Gasteiger partial charge in [0, 0.05) is 29.9 Å². The SMILES string of the molecule is CCOc1ccc(CCC(=O)N(Cc2cccc(Br)c2)[C@H](Cc2ccccc2)C(=O)NC2CCCCC2)cc1OCC. The lowest BCUT2D eigenvalue weighted by molar-refractivity contribution is -0.141. The average molecular weight is 636 g/mol. The second kappa shape index (κ2) is 16.4. The molecule has 7 heteroatoms. The Hall–Kier alpha value is -3.32. The van der Waals surface area contributed by atoms with Crippen LogP contribution in [0.1, 0.15) is 69.1 Å². The lowest BCUT2D eigenvalue weighted by Crippen LogP contribution is -2.52. The third-order valence-corrected chi connectivity index (χ3v) is 8.19. The highest BCUT2D eigenvalue weighted by Gasteiger charge is 2.31. The number of rotatable bonds is 14. The van der Waals surface area contributed by atoms with E-state index in [1.165, 1.54) is 6.42 Å². The van der Waals surface area contributed by atoms with Gasteiger partial charge < -0.3 is 19.7 Å². The van der Waals surface area contributed by atoms with E-state index in [0.29, 0.717) is 44.1 Å². The van der Waals surface area contributed by atoms with E-state index in [4.69, 9.17) is 9.47 Å². The molecule has 0 spiro atoms. The summed E-state index contributed by atoms with van der Waals surface area (Å²) < 4.78 is 12.5. The Labute approximate surface area is 258 Å². The Morgan fingerprint density at radius 2 is 1.57 bits per heavy atom. The molecule has 1 N–H and O–H groups in total. The molecule has 224 valence electrons. The van der Waals surface area contributed by atoms with Crippen molar-refractivity contribution in [3.8, 4) is 11.5 Å². The predicted molar refractivity (Wildman–Crippen MR) is 171 cm³/mol. The second-order valence-electron chi connectivity index (χ2n) is 10.8. The largest absolute Gasteiger partial charge is 0.490 e. The number of hydrogen-bond donors (Lipinski definition) is 1. The Morgan fingerprint density at radius 3 is 2.29 bits per heavy atom. The molecule has 1 atom stereocenters. The molecular formula is C35H43BrN2O4. The second-order valence-corrected chi connectivity index (χ2v) is 11.8. The molecule has 2 amide bonds. The number of carbonyl (C=O) groups is 2. The molecule has 1 aliphatic carbocycles. The van der Waals surface area contributed by atoms with Crippen molar-refractivity contribution >= 4 is 27.7 Å². The molecule has 1 aliphatic rings. The molecule has 0 saturated heterocycles. The van der Waals surface area contributed by atoms with E-state index < -0.39 is 6.04 Å². The molecule has 0 heterocycles. The van der Waals surface area contributed by atoms with Crippen LogP contribution in [0.5, 0.6) is 11.5 Å². The standard InChI is InChI=1S/C35H43BrN2O4/c1-3-41-32-20-18-27(24-33(32)42-4-2)19-21-34(39)38(25-28-14-11-15-29(36)22-28)31(23-26-12-7-5-8-13-26)35(40)37-30-16-9-6-10-17-30/h5,7-8,11-15,18,20,22,24,30-31H,3-4,6,9-10,16-17,19,21,23,25H2,1-2H3,(H,37,40)/t31-/m1/s1. The van der Waals surface area contributed by atoms with Crippen LogP contribution in [0.2, 0.25) is 0 Å².